The van der Waals surface area contributed by atoms with Crippen LogP contribution in [0.1, 0.15) is 31.6 Å². The molecule has 8 heteroatoms. The SMILES string of the molecule is CCc1noc([C@H](C)N2CCN(C[C@@H](O)Cn3cccn3)CC2)n1. The van der Waals surface area contributed by atoms with Gasteiger partial charge in [0.05, 0.1) is 18.7 Å². The fraction of sp³-hybridized carbons (Fsp3) is 0.688. The molecule has 0 aliphatic carbocycles. The molecule has 132 valence electrons. The van der Waals surface area contributed by atoms with Crippen molar-refractivity contribution < 1.29 is 9.63 Å². The summed E-state index contributed by atoms with van der Waals surface area (Å²) in [7, 11) is 0. The maximum absolute atomic E-state index is 10.2. The lowest BCUT2D eigenvalue weighted by Crippen LogP contribution is -2.49. The number of aromatic nitrogens is 4. The van der Waals surface area contributed by atoms with Gasteiger partial charge in [-0.1, -0.05) is 12.1 Å². The Kier molecular flexibility index (Phi) is 5.60. The Morgan fingerprint density at radius 2 is 2.04 bits per heavy atom. The van der Waals surface area contributed by atoms with Crippen molar-refractivity contribution >= 4 is 0 Å². The third-order valence-corrected chi connectivity index (χ3v) is 4.54. The van der Waals surface area contributed by atoms with Gasteiger partial charge >= 0.3 is 0 Å². The highest BCUT2D eigenvalue weighted by Gasteiger charge is 2.26. The smallest absolute Gasteiger partial charge is 0.243 e. The Hall–Kier alpha value is -1.77. The third-order valence-electron chi connectivity index (χ3n) is 4.54. The van der Waals surface area contributed by atoms with Crippen molar-refractivity contribution in [2.75, 3.05) is 32.7 Å². The van der Waals surface area contributed by atoms with Crippen molar-refractivity contribution in [3.8, 4) is 0 Å². The van der Waals surface area contributed by atoms with Gasteiger partial charge in [-0.2, -0.15) is 10.1 Å². The molecular formula is C16H26N6O2. The van der Waals surface area contributed by atoms with Crippen molar-refractivity contribution in [3.63, 3.8) is 0 Å². The molecule has 1 N–H and O–H groups in total. The average Bonchev–Trinajstić information content (AvgIpc) is 3.26. The first-order valence-electron chi connectivity index (χ1n) is 8.60. The van der Waals surface area contributed by atoms with Crippen molar-refractivity contribution in [1.29, 1.82) is 0 Å². The summed E-state index contributed by atoms with van der Waals surface area (Å²) in [5.41, 5.74) is 0. The van der Waals surface area contributed by atoms with E-state index in [1.54, 1.807) is 10.9 Å². The summed E-state index contributed by atoms with van der Waals surface area (Å²) in [5.74, 6) is 1.45. The molecule has 1 fully saturated rings. The topological polar surface area (TPSA) is 83.5 Å². The average molecular weight is 334 g/mol. The summed E-state index contributed by atoms with van der Waals surface area (Å²) in [6.07, 6.45) is 3.99. The lowest BCUT2D eigenvalue weighted by molar-refractivity contribution is 0.0459. The van der Waals surface area contributed by atoms with Gasteiger partial charge in [0, 0.05) is 51.5 Å². The second kappa shape index (κ2) is 7.87. The highest BCUT2D eigenvalue weighted by Crippen LogP contribution is 2.20. The molecule has 0 amide bonds. The fourth-order valence-electron chi connectivity index (χ4n) is 3.05. The van der Waals surface area contributed by atoms with Crippen molar-refractivity contribution in [1.82, 2.24) is 29.7 Å². The van der Waals surface area contributed by atoms with Crippen LogP contribution < -0.4 is 0 Å². The summed E-state index contributed by atoms with van der Waals surface area (Å²) in [4.78, 5) is 9.08. The zero-order valence-corrected chi connectivity index (χ0v) is 14.4. The van der Waals surface area contributed by atoms with E-state index in [1.807, 2.05) is 19.2 Å². The molecule has 2 aromatic rings. The van der Waals surface area contributed by atoms with Crippen LogP contribution in [0.25, 0.3) is 0 Å². The lowest BCUT2D eigenvalue weighted by Gasteiger charge is -2.37. The van der Waals surface area contributed by atoms with Gasteiger partial charge in [-0.3, -0.25) is 14.5 Å². The standard InChI is InChI=1S/C16H26N6O2/c1-3-15-18-16(24-19-15)13(2)21-9-7-20(8-10-21)11-14(23)12-22-6-4-5-17-22/h4-6,13-14,23H,3,7-12H2,1-2H3/t13-,14+/m0/s1. The van der Waals surface area contributed by atoms with Gasteiger partial charge in [0.1, 0.15) is 0 Å². The lowest BCUT2D eigenvalue weighted by atomic mass is 10.2. The van der Waals surface area contributed by atoms with E-state index < -0.39 is 6.10 Å². The molecule has 8 nitrogen and oxygen atoms in total. The van der Waals surface area contributed by atoms with Crippen LogP contribution in [-0.4, -0.2) is 73.7 Å². The van der Waals surface area contributed by atoms with E-state index in [0.29, 0.717) is 19.0 Å². The monoisotopic (exact) mass is 334 g/mol. The second-order valence-corrected chi connectivity index (χ2v) is 6.30. The molecule has 3 heterocycles. The molecule has 0 bridgehead atoms. The summed E-state index contributed by atoms with van der Waals surface area (Å²) < 4.78 is 7.12. The number of aryl methyl sites for hydroxylation is 1. The van der Waals surface area contributed by atoms with Crippen LogP contribution in [0.3, 0.4) is 0 Å². The Balaban J connectivity index is 1.45. The van der Waals surface area contributed by atoms with E-state index in [-0.39, 0.29) is 6.04 Å². The minimum absolute atomic E-state index is 0.133. The molecule has 0 aromatic carbocycles. The number of nitrogens with zero attached hydrogens (tertiary/aromatic N) is 6. The number of hydrogen-bond acceptors (Lipinski definition) is 7. The Labute approximate surface area is 142 Å². The molecule has 0 spiro atoms. The summed E-state index contributed by atoms with van der Waals surface area (Å²) in [6, 6.07) is 2.00. The van der Waals surface area contributed by atoms with Crippen LogP contribution in [0.2, 0.25) is 0 Å². The Morgan fingerprint density at radius 3 is 2.67 bits per heavy atom. The van der Waals surface area contributed by atoms with Crippen LogP contribution in [0, 0.1) is 0 Å². The maximum atomic E-state index is 10.2. The molecule has 3 rings (SSSR count). The molecule has 24 heavy (non-hydrogen) atoms. The summed E-state index contributed by atoms with van der Waals surface area (Å²) in [6.45, 7) is 9.04. The first-order chi connectivity index (χ1) is 11.7. The summed E-state index contributed by atoms with van der Waals surface area (Å²) in [5, 5.41) is 18.3. The van der Waals surface area contributed by atoms with Crippen molar-refractivity contribution in [2.24, 2.45) is 0 Å². The molecule has 1 saturated heterocycles. The number of rotatable bonds is 7. The van der Waals surface area contributed by atoms with Gasteiger partial charge < -0.3 is 9.63 Å². The Bertz CT molecular complexity index is 606. The highest BCUT2D eigenvalue weighted by molar-refractivity contribution is 4.93. The second-order valence-electron chi connectivity index (χ2n) is 6.30. The number of piperazine rings is 1. The first kappa shape index (κ1) is 17.1. The predicted octanol–water partition coefficient (Wildman–Crippen LogP) is 0.568. The molecule has 0 unspecified atom stereocenters. The zero-order valence-electron chi connectivity index (χ0n) is 14.4. The van der Waals surface area contributed by atoms with Gasteiger partial charge in [-0.25, -0.2) is 0 Å². The maximum Gasteiger partial charge on any atom is 0.243 e. The largest absolute Gasteiger partial charge is 0.390 e. The molecule has 0 radical (unpaired) electrons. The van der Waals surface area contributed by atoms with Crippen LogP contribution in [0.5, 0.6) is 0 Å². The van der Waals surface area contributed by atoms with E-state index in [9.17, 15) is 5.11 Å². The third kappa shape index (κ3) is 4.19. The van der Waals surface area contributed by atoms with Gasteiger partial charge in [0.15, 0.2) is 5.82 Å². The molecular weight excluding hydrogens is 308 g/mol. The zero-order chi connectivity index (χ0) is 16.9. The van der Waals surface area contributed by atoms with Gasteiger partial charge in [0.2, 0.25) is 5.89 Å². The van der Waals surface area contributed by atoms with Crippen LogP contribution in [0.15, 0.2) is 23.0 Å². The van der Waals surface area contributed by atoms with E-state index >= 15 is 0 Å². The van der Waals surface area contributed by atoms with Gasteiger partial charge in [0.25, 0.3) is 0 Å². The van der Waals surface area contributed by atoms with Crippen molar-refractivity contribution in [2.45, 2.75) is 39.0 Å². The fourth-order valence-corrected chi connectivity index (χ4v) is 3.05. The van der Waals surface area contributed by atoms with Crippen LogP contribution in [0.4, 0.5) is 0 Å². The van der Waals surface area contributed by atoms with Gasteiger partial charge in [-0.15, -0.1) is 0 Å². The first-order valence-corrected chi connectivity index (χ1v) is 8.60. The molecule has 1 aliphatic heterocycles. The molecule has 2 atom stereocenters. The highest BCUT2D eigenvalue weighted by atomic mass is 16.5. The van der Waals surface area contributed by atoms with Crippen molar-refractivity contribution in [3.05, 3.63) is 30.2 Å². The number of β-amino-alcohol motifs (C(OH)–C–C–N with tert-alkyl or cyclic N) is 1. The normalized spacial score (nSPS) is 19.5. The minimum Gasteiger partial charge on any atom is -0.390 e. The quantitative estimate of drug-likeness (QED) is 0.792. The van der Waals surface area contributed by atoms with E-state index in [0.717, 1.165) is 38.4 Å². The van der Waals surface area contributed by atoms with Crippen LogP contribution >= 0.6 is 0 Å². The summed E-state index contributed by atoms with van der Waals surface area (Å²) >= 11 is 0. The van der Waals surface area contributed by atoms with Crippen LogP contribution in [-0.2, 0) is 13.0 Å². The molecule has 0 saturated carbocycles. The molecule has 1 aliphatic rings. The number of aliphatic hydroxyl groups excluding tert-OH is 1. The number of hydrogen-bond donors (Lipinski definition) is 1. The predicted molar refractivity (Wildman–Crippen MR) is 88.3 cm³/mol. The Morgan fingerprint density at radius 1 is 1.25 bits per heavy atom. The van der Waals surface area contributed by atoms with E-state index in [2.05, 4.69) is 32.0 Å². The minimum atomic E-state index is -0.406. The van der Waals surface area contributed by atoms with Gasteiger partial charge in [-0.05, 0) is 13.0 Å². The van der Waals surface area contributed by atoms with E-state index in [1.165, 1.54) is 0 Å². The number of aliphatic hydroxyl groups is 1. The molecule has 2 aromatic heterocycles. The van der Waals surface area contributed by atoms with E-state index in [4.69, 9.17) is 4.52 Å².